The normalized spacial score (nSPS) is 14.8. The summed E-state index contributed by atoms with van der Waals surface area (Å²) in [6.45, 7) is 5.01. The number of aromatic amines is 1. The van der Waals surface area contributed by atoms with E-state index in [0.29, 0.717) is 17.7 Å². The average Bonchev–Trinajstić information content (AvgIpc) is 3.50. The van der Waals surface area contributed by atoms with Crippen molar-refractivity contribution in [3.05, 3.63) is 48.0 Å². The van der Waals surface area contributed by atoms with Gasteiger partial charge < -0.3 is 113 Å². The molecular formula is C54H90N20O15. The Labute approximate surface area is 514 Å². The van der Waals surface area contributed by atoms with Crippen LogP contribution >= 0.6 is 0 Å². The number of aliphatic imine (C=N–C) groups is 2. The molecule has 2 rings (SSSR count). The van der Waals surface area contributed by atoms with Gasteiger partial charge in [-0.3, -0.25) is 62.7 Å². The van der Waals surface area contributed by atoms with Crippen molar-refractivity contribution in [1.29, 1.82) is 0 Å². The summed E-state index contributed by atoms with van der Waals surface area (Å²) in [5.74, 6) is -12.2. The molecule has 496 valence electrons. The topological polar surface area (TPSA) is 599 Å². The molecule has 35 nitrogen and oxygen atoms in total. The Bertz CT molecular complexity index is 2710. The van der Waals surface area contributed by atoms with Gasteiger partial charge in [-0.15, -0.1) is 0 Å². The molecule has 0 saturated carbocycles. The molecular weight excluding hydrogens is 1170 g/mol. The number of nitrogens with zero attached hydrogens (tertiary/aromatic N) is 3. The quantitative estimate of drug-likeness (QED) is 0.0167. The molecule has 11 atom stereocenters. The molecule has 1 aromatic heterocycles. The summed E-state index contributed by atoms with van der Waals surface area (Å²) in [5.41, 5.74) is 34.1. The number of primary amides is 1. The fraction of sp³-hybridized carbons (Fsp3) is 0.593. The molecule has 0 spiro atoms. The van der Waals surface area contributed by atoms with Crippen LogP contribution in [0, 0.1) is 5.92 Å². The van der Waals surface area contributed by atoms with Crippen molar-refractivity contribution in [3.63, 3.8) is 0 Å². The number of aliphatic carboxylic acids is 1. The average molecular weight is 1260 g/mol. The Balaban J connectivity index is 2.38. The molecule has 0 fully saturated rings. The third-order valence-electron chi connectivity index (χ3n) is 13.4. The van der Waals surface area contributed by atoms with Gasteiger partial charge in [-0.1, -0.05) is 26.0 Å². The number of nitrogens with one attached hydrogen (secondary N) is 11. The van der Waals surface area contributed by atoms with Crippen molar-refractivity contribution >= 4 is 77.0 Å². The molecule has 89 heavy (non-hydrogen) atoms. The lowest BCUT2D eigenvalue weighted by Gasteiger charge is -2.28. The first-order chi connectivity index (χ1) is 42.0. The van der Waals surface area contributed by atoms with E-state index in [9.17, 15) is 73.2 Å². The van der Waals surface area contributed by atoms with E-state index in [2.05, 4.69) is 73.1 Å². The molecule has 2 aromatic rings. The fourth-order valence-electron chi connectivity index (χ4n) is 8.58. The first-order valence-corrected chi connectivity index (χ1v) is 28.8. The molecule has 0 aliphatic rings. The van der Waals surface area contributed by atoms with Gasteiger partial charge in [-0.05, 0) is 102 Å². The number of aliphatic hydroxyl groups excluding tert-OH is 2. The highest BCUT2D eigenvalue weighted by molar-refractivity contribution is 5.99. The third kappa shape index (κ3) is 28.9. The number of benzene rings is 1. The molecule has 0 aliphatic heterocycles. The number of guanidine groups is 2. The van der Waals surface area contributed by atoms with Crippen LogP contribution in [0.15, 0.2) is 46.8 Å². The van der Waals surface area contributed by atoms with Gasteiger partial charge in [0.1, 0.15) is 60.1 Å². The van der Waals surface area contributed by atoms with E-state index in [1.807, 2.05) is 0 Å². The summed E-state index contributed by atoms with van der Waals surface area (Å²) in [4.78, 5) is 164. The molecule has 0 aliphatic carbocycles. The standard InChI is InChI=1S/C54H90N20O15/c1-27(2)20-36(43(56)80)70-45(82)34(11-8-18-63-53(57)58)69-49(86)38(21-30-13-15-32(77)16-14-30)71-46(83)33(10-6-7-17-55)68-50(87)39(23-41(78)79)72-52(89)42(29(4)76)74-44(81)28(3)66-51(88)40(25-75)73-47(84)35(12-9-19-64-54(59)60)67-48(85)37(61-5)22-31-24-62-26-65-31/h13-16,24,26-29,33-40,42,61,75-77H,6-12,17-23,25,55H2,1-5H3,(H2,56,80)(H,62,65)(H,66,88)(H,67,85)(H,68,87)(H,69,86)(H,70,82)(H,71,83)(H,72,89)(H,73,84)(H,74,81)(H,78,79)(H4,57,58,63)(H4,59,60,64)/t28-,29+,33-,34-,35-,36-,37-,38-,39-,40-,42-/m0/s1. The maximum Gasteiger partial charge on any atom is 0.305 e. The van der Waals surface area contributed by atoms with Gasteiger partial charge in [-0.25, -0.2) is 4.98 Å². The summed E-state index contributed by atoms with van der Waals surface area (Å²) < 4.78 is 0. The zero-order valence-corrected chi connectivity index (χ0v) is 50.6. The number of H-pyrrole nitrogens is 1. The van der Waals surface area contributed by atoms with Gasteiger partial charge in [0.25, 0.3) is 0 Å². The number of carbonyl (C=O) groups is 11. The second kappa shape index (κ2) is 39.5. The number of aromatic nitrogens is 2. The zero-order chi connectivity index (χ0) is 66.9. The van der Waals surface area contributed by atoms with Crippen molar-refractivity contribution in [2.45, 2.75) is 165 Å². The first kappa shape index (κ1) is 75.9. The van der Waals surface area contributed by atoms with Crippen LogP contribution in [-0.4, -0.2) is 207 Å². The molecule has 35 heteroatoms. The minimum absolute atomic E-state index is 0.0317. The number of hydrogen-bond donors (Lipinski definition) is 21. The molecule has 0 unspecified atom stereocenters. The van der Waals surface area contributed by atoms with Gasteiger partial charge in [0, 0.05) is 37.8 Å². The van der Waals surface area contributed by atoms with E-state index in [0.717, 1.165) is 13.8 Å². The highest BCUT2D eigenvalue weighted by atomic mass is 16.4. The van der Waals surface area contributed by atoms with Crippen LogP contribution in [0.4, 0.5) is 0 Å². The molecule has 1 heterocycles. The van der Waals surface area contributed by atoms with Crippen molar-refractivity contribution in [3.8, 4) is 5.75 Å². The number of carboxylic acids is 1. The number of phenolic OH excluding ortho intramolecular Hbond substituents is 1. The first-order valence-electron chi connectivity index (χ1n) is 28.8. The number of aliphatic hydroxyl groups is 2. The lowest BCUT2D eigenvalue weighted by Crippen LogP contribution is -2.62. The Hall–Kier alpha value is -9.22. The maximum atomic E-state index is 14.4. The minimum Gasteiger partial charge on any atom is -0.508 e. The van der Waals surface area contributed by atoms with Gasteiger partial charge in [0.05, 0.1) is 31.5 Å². The number of nitrogens with two attached hydrogens (primary N) is 6. The molecule has 0 saturated heterocycles. The van der Waals surface area contributed by atoms with E-state index in [4.69, 9.17) is 34.4 Å². The predicted octanol–water partition coefficient (Wildman–Crippen LogP) is -7.51. The lowest BCUT2D eigenvalue weighted by molar-refractivity contribution is -0.142. The van der Waals surface area contributed by atoms with Crippen molar-refractivity contribution in [2.24, 2.45) is 50.3 Å². The zero-order valence-electron chi connectivity index (χ0n) is 50.6. The highest BCUT2D eigenvalue weighted by Gasteiger charge is 2.37. The van der Waals surface area contributed by atoms with E-state index in [1.165, 1.54) is 43.8 Å². The Morgan fingerprint density at radius 3 is 1.47 bits per heavy atom. The summed E-state index contributed by atoms with van der Waals surface area (Å²) in [7, 11) is 1.52. The monoisotopic (exact) mass is 1260 g/mol. The van der Waals surface area contributed by atoms with Crippen LogP contribution < -0.4 is 87.6 Å². The number of aromatic hydroxyl groups is 1. The third-order valence-corrected chi connectivity index (χ3v) is 13.4. The van der Waals surface area contributed by atoms with Gasteiger partial charge >= 0.3 is 5.97 Å². The predicted molar refractivity (Wildman–Crippen MR) is 322 cm³/mol. The Morgan fingerprint density at radius 2 is 1.02 bits per heavy atom. The Morgan fingerprint density at radius 1 is 0.562 bits per heavy atom. The number of hydrogen-bond acceptors (Lipinski definition) is 19. The van der Waals surface area contributed by atoms with Crippen molar-refractivity contribution in [1.82, 2.24) is 63.1 Å². The molecule has 0 radical (unpaired) electrons. The van der Waals surface area contributed by atoms with Gasteiger partial charge in [0.2, 0.25) is 59.1 Å². The highest BCUT2D eigenvalue weighted by Crippen LogP contribution is 2.14. The number of carboxylic acid groups (broad SMARTS) is 1. The van der Waals surface area contributed by atoms with E-state index >= 15 is 0 Å². The van der Waals surface area contributed by atoms with E-state index < -0.39 is 145 Å². The number of amides is 10. The fourth-order valence-corrected chi connectivity index (χ4v) is 8.58. The second-order valence-electron chi connectivity index (χ2n) is 21.4. The number of rotatable bonds is 42. The second-order valence-corrected chi connectivity index (χ2v) is 21.4. The minimum atomic E-state index is -2.01. The molecule has 0 bridgehead atoms. The smallest absolute Gasteiger partial charge is 0.305 e. The summed E-state index contributed by atoms with van der Waals surface area (Å²) in [5, 5.41) is 65.5. The SMILES string of the molecule is CN[C@@H](Cc1cnc[nH]1)C(=O)N[C@@H](CCCN=C(N)N)C(=O)N[C@@H](CO)C(=O)N[C@@H](C)C(=O)N[C@H](C(=O)N[C@@H](CC(=O)O)C(=O)N[C@@H](CCCCN)C(=O)N[C@@H](Cc1ccc(O)cc1)C(=O)N[C@@H](CCCN=C(N)N)C(=O)N[C@@H](CC(C)C)C(N)=O)[C@@H](C)O. The van der Waals surface area contributed by atoms with Crippen LogP contribution in [0.1, 0.15) is 96.7 Å². The number of imidazole rings is 1. The van der Waals surface area contributed by atoms with Crippen LogP contribution in [0.5, 0.6) is 5.75 Å². The number of unbranched alkanes of at least 4 members (excludes halogenated alkanes) is 1. The maximum absolute atomic E-state index is 14.4. The summed E-state index contributed by atoms with van der Waals surface area (Å²) >= 11 is 0. The molecule has 10 amide bonds. The van der Waals surface area contributed by atoms with Crippen molar-refractivity contribution in [2.75, 3.05) is 33.3 Å². The molecule has 1 aromatic carbocycles. The van der Waals surface area contributed by atoms with Crippen LogP contribution in [0.2, 0.25) is 0 Å². The van der Waals surface area contributed by atoms with Gasteiger partial charge in [-0.2, -0.15) is 0 Å². The van der Waals surface area contributed by atoms with E-state index in [1.54, 1.807) is 13.8 Å². The molecule has 27 N–H and O–H groups in total. The van der Waals surface area contributed by atoms with Crippen LogP contribution in [0.3, 0.4) is 0 Å². The van der Waals surface area contributed by atoms with E-state index in [-0.39, 0.29) is 101 Å². The largest absolute Gasteiger partial charge is 0.508 e. The van der Waals surface area contributed by atoms with Crippen molar-refractivity contribution < 1.29 is 73.2 Å². The Kier molecular flexibility index (Phi) is 33.7. The lowest BCUT2D eigenvalue weighted by atomic mass is 10.0. The number of carbonyl (C=O) groups excluding carboxylic acids is 10. The number of phenols is 1. The summed E-state index contributed by atoms with van der Waals surface area (Å²) in [6, 6.07) is -9.48. The van der Waals surface area contributed by atoms with Gasteiger partial charge in [0.15, 0.2) is 11.9 Å². The number of likely N-dealkylation sites (N-methyl/N-ethyl adjacent to an activating group) is 1. The van der Waals surface area contributed by atoms with Crippen LogP contribution in [0.25, 0.3) is 0 Å². The van der Waals surface area contributed by atoms with Crippen LogP contribution in [-0.2, 0) is 65.6 Å². The summed E-state index contributed by atoms with van der Waals surface area (Å²) in [6.07, 6.45) is 0.582.